The van der Waals surface area contributed by atoms with E-state index in [1.807, 2.05) is 0 Å². The van der Waals surface area contributed by atoms with Crippen molar-refractivity contribution >= 4 is 29.2 Å². The van der Waals surface area contributed by atoms with Crippen LogP contribution < -0.4 is 19.1 Å². The highest BCUT2D eigenvalue weighted by molar-refractivity contribution is 6.32. The highest BCUT2D eigenvalue weighted by Crippen LogP contribution is 2.43. The summed E-state index contributed by atoms with van der Waals surface area (Å²) in [5.41, 5.74) is -3.07. The molecule has 242 valence electrons. The third-order valence-corrected chi connectivity index (χ3v) is 6.63. The minimum atomic E-state index is -4.99. The molecule has 1 aliphatic rings. The average Bonchev–Trinajstić information content (AvgIpc) is 3.49. The van der Waals surface area contributed by atoms with Gasteiger partial charge in [-0.05, 0) is 75.4 Å². The number of hydrogen-bond acceptors (Lipinski definition) is 7. The molecule has 1 amide bonds. The van der Waals surface area contributed by atoms with Gasteiger partial charge in [-0.1, -0.05) is 17.7 Å². The molecule has 5 rings (SSSR count). The molecule has 0 fully saturated rings. The van der Waals surface area contributed by atoms with Crippen LogP contribution in [-0.2, 0) is 17.5 Å². The van der Waals surface area contributed by atoms with Gasteiger partial charge in [-0.25, -0.2) is 9.48 Å². The van der Waals surface area contributed by atoms with Gasteiger partial charge in [-0.3, -0.25) is 4.79 Å². The lowest BCUT2D eigenvalue weighted by atomic mass is 10.1. The van der Waals surface area contributed by atoms with E-state index in [0.717, 1.165) is 28.9 Å². The number of benzene rings is 3. The molecular formula is C31H25ClF5N3O6. The van der Waals surface area contributed by atoms with Gasteiger partial charge < -0.3 is 23.8 Å². The van der Waals surface area contributed by atoms with Crippen LogP contribution >= 0.6 is 11.6 Å². The summed E-state index contributed by atoms with van der Waals surface area (Å²) in [6, 6.07) is 13.4. The van der Waals surface area contributed by atoms with E-state index in [0.29, 0.717) is 4.90 Å². The molecule has 0 saturated carbocycles. The molecule has 0 N–H and O–H groups in total. The van der Waals surface area contributed by atoms with Crippen LogP contribution in [0, 0.1) is 0 Å². The van der Waals surface area contributed by atoms with E-state index in [9.17, 15) is 31.5 Å². The van der Waals surface area contributed by atoms with Gasteiger partial charge in [0.2, 0.25) is 0 Å². The van der Waals surface area contributed by atoms with Crippen LogP contribution in [0.4, 0.5) is 27.6 Å². The SMILES string of the molecule is [2H]C([2H])([2H])N(C(=O)c1cccc(-n2nc(C(F)(F)F)c(Cl)c2COc2ccc(C(=O)OC(C)(C)C)cc2)c1)c1ccc2c(c1)OC(F)(F)O2. The van der Waals surface area contributed by atoms with Gasteiger partial charge >= 0.3 is 18.4 Å². The van der Waals surface area contributed by atoms with Crippen LogP contribution in [-0.4, -0.2) is 40.5 Å². The predicted octanol–water partition coefficient (Wildman–Crippen LogP) is 7.68. The maximum atomic E-state index is 13.9. The fourth-order valence-electron chi connectivity index (χ4n) is 4.22. The van der Waals surface area contributed by atoms with Gasteiger partial charge in [0.15, 0.2) is 17.2 Å². The number of fused-ring (bicyclic) bond motifs is 1. The quantitative estimate of drug-likeness (QED) is 0.147. The Morgan fingerprint density at radius 2 is 1.70 bits per heavy atom. The molecule has 3 aromatic carbocycles. The van der Waals surface area contributed by atoms with E-state index in [2.05, 4.69) is 14.6 Å². The minimum Gasteiger partial charge on any atom is -0.487 e. The molecule has 0 spiro atoms. The number of anilines is 1. The maximum Gasteiger partial charge on any atom is 0.586 e. The van der Waals surface area contributed by atoms with Gasteiger partial charge in [-0.15, -0.1) is 8.78 Å². The number of carbonyl (C=O) groups is 2. The van der Waals surface area contributed by atoms with Crippen molar-refractivity contribution in [2.75, 3.05) is 11.9 Å². The van der Waals surface area contributed by atoms with Crippen LogP contribution in [0.3, 0.4) is 0 Å². The summed E-state index contributed by atoms with van der Waals surface area (Å²) in [5.74, 6) is -2.51. The molecule has 15 heteroatoms. The van der Waals surface area contributed by atoms with Crippen molar-refractivity contribution < 1.29 is 54.6 Å². The Kier molecular flexibility index (Phi) is 7.35. The Balaban J connectivity index is 1.46. The second-order valence-corrected chi connectivity index (χ2v) is 11.2. The van der Waals surface area contributed by atoms with Crippen molar-refractivity contribution in [3.8, 4) is 22.9 Å². The number of nitrogens with zero attached hydrogens (tertiary/aromatic N) is 3. The van der Waals surface area contributed by atoms with Gasteiger partial charge in [0.1, 0.15) is 23.7 Å². The molecule has 9 nitrogen and oxygen atoms in total. The second kappa shape index (κ2) is 11.8. The Labute approximate surface area is 268 Å². The first-order chi connectivity index (χ1) is 22.6. The number of halogens is 6. The first-order valence-electron chi connectivity index (χ1n) is 14.8. The molecular weight excluding hydrogens is 641 g/mol. The molecule has 2 heterocycles. The Hall–Kier alpha value is -4.85. The van der Waals surface area contributed by atoms with Crippen LogP contribution in [0.2, 0.25) is 5.02 Å². The third kappa shape index (κ3) is 7.01. The van der Waals surface area contributed by atoms with Crippen molar-refractivity contribution in [3.63, 3.8) is 0 Å². The number of ether oxygens (including phenoxy) is 4. The standard InChI is InChI=1S/C31H25ClF5N3O6/c1-29(2,3)46-28(42)17-8-11-21(12-9-17)43-16-22-25(32)26(30(33,34)35)38-40(22)20-7-5-6-18(14-20)27(41)39(4)19-10-13-23-24(15-19)45-31(36,37)44-23/h5-15H,16H2,1-4H3/i4D3. The molecule has 0 saturated heterocycles. The molecule has 46 heavy (non-hydrogen) atoms. The summed E-state index contributed by atoms with van der Waals surface area (Å²) in [6.07, 6.45) is -9.00. The number of rotatable bonds is 7. The normalized spacial score (nSPS) is 15.0. The summed E-state index contributed by atoms with van der Waals surface area (Å²) >= 11 is 6.15. The summed E-state index contributed by atoms with van der Waals surface area (Å²) in [6.45, 7) is 1.38. The smallest absolute Gasteiger partial charge is 0.487 e. The second-order valence-electron chi connectivity index (χ2n) is 10.8. The molecule has 1 aliphatic heterocycles. The van der Waals surface area contributed by atoms with E-state index in [1.165, 1.54) is 42.5 Å². The number of esters is 1. The lowest BCUT2D eigenvalue weighted by molar-refractivity contribution is -0.286. The summed E-state index contributed by atoms with van der Waals surface area (Å²) in [5, 5.41) is 2.83. The molecule has 0 radical (unpaired) electrons. The fourth-order valence-corrected chi connectivity index (χ4v) is 4.50. The van der Waals surface area contributed by atoms with Crippen molar-refractivity contribution in [1.82, 2.24) is 9.78 Å². The van der Waals surface area contributed by atoms with Crippen LogP contribution in [0.15, 0.2) is 66.7 Å². The zero-order chi connectivity index (χ0) is 36.1. The Bertz CT molecular complexity index is 1910. The highest BCUT2D eigenvalue weighted by Gasteiger charge is 2.43. The fraction of sp³-hybridized carbons (Fsp3) is 0.258. The van der Waals surface area contributed by atoms with Crippen LogP contribution in [0.1, 0.15) is 57.0 Å². The first kappa shape index (κ1) is 28.6. The van der Waals surface area contributed by atoms with Crippen molar-refractivity contribution in [1.29, 1.82) is 0 Å². The Morgan fingerprint density at radius 1 is 1.00 bits per heavy atom. The summed E-state index contributed by atoms with van der Waals surface area (Å²) < 4.78 is 113. The topological polar surface area (TPSA) is 92.1 Å². The number of carbonyl (C=O) groups excluding carboxylic acids is 2. The number of amides is 1. The summed E-state index contributed by atoms with van der Waals surface area (Å²) in [4.78, 5) is 26.3. The van der Waals surface area contributed by atoms with Crippen molar-refractivity contribution in [2.45, 2.75) is 45.5 Å². The van der Waals surface area contributed by atoms with Gasteiger partial charge in [0, 0.05) is 28.4 Å². The predicted molar refractivity (Wildman–Crippen MR) is 155 cm³/mol. The molecule has 1 aromatic heterocycles. The number of aromatic nitrogens is 2. The monoisotopic (exact) mass is 668 g/mol. The minimum absolute atomic E-state index is 0.127. The number of alkyl halides is 5. The first-order valence-corrected chi connectivity index (χ1v) is 13.7. The molecule has 0 bridgehead atoms. The third-order valence-electron chi connectivity index (χ3n) is 6.23. The zero-order valence-electron chi connectivity index (χ0n) is 27.1. The largest absolute Gasteiger partial charge is 0.586 e. The van der Waals surface area contributed by atoms with Crippen molar-refractivity contribution in [2.24, 2.45) is 0 Å². The Morgan fingerprint density at radius 3 is 2.35 bits per heavy atom. The van der Waals surface area contributed by atoms with E-state index >= 15 is 0 Å². The average molecular weight is 669 g/mol. The van der Waals surface area contributed by atoms with E-state index in [1.54, 1.807) is 20.8 Å². The van der Waals surface area contributed by atoms with Crippen LogP contribution in [0.25, 0.3) is 5.69 Å². The van der Waals surface area contributed by atoms with E-state index in [-0.39, 0.29) is 33.9 Å². The lowest BCUT2D eigenvalue weighted by Crippen LogP contribution is -2.26. The molecule has 0 atom stereocenters. The molecule has 0 aliphatic carbocycles. The molecule has 4 aromatic rings. The highest BCUT2D eigenvalue weighted by atomic mass is 35.5. The van der Waals surface area contributed by atoms with E-state index in [4.69, 9.17) is 25.2 Å². The van der Waals surface area contributed by atoms with Gasteiger partial charge in [0.05, 0.1) is 16.3 Å². The lowest BCUT2D eigenvalue weighted by Gasteiger charge is -2.19. The van der Waals surface area contributed by atoms with Crippen molar-refractivity contribution in [3.05, 3.63) is 94.3 Å². The van der Waals surface area contributed by atoms with Crippen LogP contribution in [0.5, 0.6) is 17.2 Å². The van der Waals surface area contributed by atoms with E-state index < -0.39 is 65.7 Å². The number of hydrogen-bond donors (Lipinski definition) is 0. The zero-order valence-corrected chi connectivity index (χ0v) is 24.9. The molecule has 0 unspecified atom stereocenters. The summed E-state index contributed by atoms with van der Waals surface area (Å²) in [7, 11) is 0. The maximum absolute atomic E-state index is 13.9. The van der Waals surface area contributed by atoms with Gasteiger partial charge in [-0.2, -0.15) is 18.3 Å². The van der Waals surface area contributed by atoms with Gasteiger partial charge in [0.25, 0.3) is 5.91 Å².